The highest BCUT2D eigenvalue weighted by molar-refractivity contribution is 5.70. The van der Waals surface area contributed by atoms with Gasteiger partial charge in [0.25, 0.3) is 0 Å². The molecule has 0 N–H and O–H groups in total. The Balaban J connectivity index is 0.965. The van der Waals surface area contributed by atoms with Crippen molar-refractivity contribution in [3.05, 3.63) is 94.0 Å². The molecule has 0 aliphatic carbocycles. The van der Waals surface area contributed by atoms with Crippen molar-refractivity contribution in [2.75, 3.05) is 110 Å². The fraction of sp³-hybridized carbons (Fsp3) is 0.519. The summed E-state index contributed by atoms with van der Waals surface area (Å²) in [4.78, 5) is 25.7. The second kappa shape index (κ2) is 23.9. The quantitative estimate of drug-likeness (QED) is 0.0360. The van der Waals surface area contributed by atoms with Crippen molar-refractivity contribution in [2.45, 2.75) is 76.3 Å². The summed E-state index contributed by atoms with van der Waals surface area (Å²) in [6.07, 6.45) is 6.35. The molecule has 0 spiro atoms. The summed E-state index contributed by atoms with van der Waals surface area (Å²) in [5.74, 6) is 5.13. The zero-order chi connectivity index (χ0) is 48.8. The smallest absolute Gasteiger partial charge is 0.305 e. The molecule has 0 fully saturated rings. The Morgan fingerprint density at radius 2 is 0.794 bits per heavy atom. The molecule has 0 bridgehead atoms. The van der Waals surface area contributed by atoms with Crippen molar-refractivity contribution in [1.82, 2.24) is 0 Å². The number of nitrogens with zero attached hydrogens (tertiary/aromatic N) is 2. The van der Waals surface area contributed by atoms with E-state index in [-0.39, 0.29) is 36.9 Å². The number of hydrogen-bond donors (Lipinski definition) is 0. The minimum absolute atomic E-state index is 0.112. The standard InChI is InChI=1S/C54H74N2O12/c1-55(25-21-39-33-49(63-7)51(65-9)35-41(39)43(55)29-37-17-19-45(59-3)47(31-37)61-5)23-13-27-67-53(57)15-11-12-16-54(58)68-28-14-24-56(2)26-22-40-34-50(64-8)52(66-10)36-42(40)44(56)30-38-18-20-46(60-4)48(32-38)62-6/h17-20,31-36,43-44H,11-16,21-30H2,1-10H3/q+2/t43?,44?,55-,56?/m1/s1. The molecule has 3 unspecified atom stereocenters. The van der Waals surface area contributed by atoms with Gasteiger partial charge >= 0.3 is 11.9 Å². The number of methoxy groups -OCH3 is 8. The van der Waals surface area contributed by atoms with Crippen molar-refractivity contribution < 1.29 is 65.9 Å². The first kappa shape index (κ1) is 51.5. The van der Waals surface area contributed by atoms with Crippen LogP contribution in [0.25, 0.3) is 0 Å². The van der Waals surface area contributed by atoms with Gasteiger partial charge in [-0.25, -0.2) is 0 Å². The summed E-state index contributed by atoms with van der Waals surface area (Å²) in [6, 6.07) is 20.9. The Hall–Kier alpha value is -5.86. The van der Waals surface area contributed by atoms with Crippen molar-refractivity contribution in [2.24, 2.45) is 0 Å². The van der Waals surface area contributed by atoms with Gasteiger partial charge in [0.05, 0.1) is 110 Å². The SMILES string of the molecule is COc1ccc(CC2c3cc(OC)c(OC)cc3CC[N+]2(C)CCCOC(=O)CCCCC(=O)OCCC[N@+]2(C)CCc3cc(OC)c(OC)cc3C2Cc2ccc(OC)c(OC)c2)cc1OC. The van der Waals surface area contributed by atoms with Crippen LogP contribution in [0.1, 0.15) is 84.0 Å². The number of unbranched alkanes of at least 4 members (excludes halogenated alkanes) is 1. The minimum Gasteiger partial charge on any atom is -0.493 e. The topological polar surface area (TPSA) is 126 Å². The average molecular weight is 943 g/mol. The number of benzene rings is 4. The first-order valence-corrected chi connectivity index (χ1v) is 23.8. The van der Waals surface area contributed by atoms with E-state index in [1.807, 2.05) is 24.3 Å². The molecule has 6 rings (SSSR count). The third-order valence-electron chi connectivity index (χ3n) is 14.2. The fourth-order valence-electron chi connectivity index (χ4n) is 10.2. The number of carbonyl (C=O) groups excluding carboxylic acids is 2. The summed E-state index contributed by atoms with van der Waals surface area (Å²) in [7, 11) is 17.8. The van der Waals surface area contributed by atoms with Gasteiger partial charge in [0, 0.05) is 62.5 Å². The number of fused-ring (bicyclic) bond motifs is 2. The van der Waals surface area contributed by atoms with Crippen LogP contribution in [0.4, 0.5) is 0 Å². The van der Waals surface area contributed by atoms with Crippen LogP contribution < -0.4 is 37.9 Å². The highest BCUT2D eigenvalue weighted by Gasteiger charge is 2.41. The molecule has 68 heavy (non-hydrogen) atoms. The van der Waals surface area contributed by atoms with Crippen molar-refractivity contribution in [1.29, 1.82) is 0 Å². The van der Waals surface area contributed by atoms with Gasteiger partial charge in [-0.2, -0.15) is 0 Å². The molecule has 4 aromatic carbocycles. The van der Waals surface area contributed by atoms with Gasteiger partial charge in [0.2, 0.25) is 0 Å². The van der Waals surface area contributed by atoms with Gasteiger partial charge in [-0.1, -0.05) is 12.1 Å². The number of rotatable bonds is 25. The predicted molar refractivity (Wildman–Crippen MR) is 260 cm³/mol. The fourth-order valence-corrected chi connectivity index (χ4v) is 10.2. The van der Waals surface area contributed by atoms with Crippen LogP contribution in [0.2, 0.25) is 0 Å². The van der Waals surface area contributed by atoms with Crippen molar-refractivity contribution in [3.8, 4) is 46.0 Å². The average Bonchev–Trinajstić information content (AvgIpc) is 3.36. The van der Waals surface area contributed by atoms with Crippen LogP contribution in [-0.2, 0) is 44.7 Å². The molecule has 0 radical (unpaired) electrons. The van der Waals surface area contributed by atoms with E-state index in [4.69, 9.17) is 47.4 Å². The molecular weight excluding hydrogens is 869 g/mol. The third kappa shape index (κ3) is 12.2. The number of hydrogen-bond acceptors (Lipinski definition) is 12. The molecule has 14 nitrogen and oxygen atoms in total. The van der Waals surface area contributed by atoms with Gasteiger partial charge in [0.15, 0.2) is 46.0 Å². The molecule has 14 heteroatoms. The molecule has 2 heterocycles. The lowest BCUT2D eigenvalue weighted by Crippen LogP contribution is -2.52. The summed E-state index contributed by atoms with van der Waals surface area (Å²) >= 11 is 0. The van der Waals surface area contributed by atoms with Crippen LogP contribution in [0.5, 0.6) is 46.0 Å². The molecule has 0 saturated carbocycles. The van der Waals surface area contributed by atoms with E-state index >= 15 is 0 Å². The minimum atomic E-state index is -0.248. The maximum atomic E-state index is 12.9. The summed E-state index contributed by atoms with van der Waals surface area (Å²) < 4.78 is 58.1. The third-order valence-corrected chi connectivity index (χ3v) is 14.2. The number of likely N-dealkylation sites (N-methyl/N-ethyl adjacent to an activating group) is 2. The molecular formula is C54H74N2O12+2. The molecule has 0 saturated heterocycles. The lowest BCUT2D eigenvalue weighted by atomic mass is 9.86. The summed E-state index contributed by atoms with van der Waals surface area (Å²) in [5, 5.41) is 0. The normalized spacial score (nSPS) is 19.4. The van der Waals surface area contributed by atoms with Crippen LogP contribution in [0.3, 0.4) is 0 Å². The van der Waals surface area contributed by atoms with E-state index in [1.165, 1.54) is 22.3 Å². The largest absolute Gasteiger partial charge is 0.493 e. The van der Waals surface area contributed by atoms with E-state index in [0.29, 0.717) is 73.4 Å². The van der Waals surface area contributed by atoms with Crippen LogP contribution in [-0.4, -0.2) is 131 Å². The highest BCUT2D eigenvalue weighted by Crippen LogP contribution is 2.45. The number of carbonyl (C=O) groups is 2. The van der Waals surface area contributed by atoms with Gasteiger partial charge in [-0.15, -0.1) is 0 Å². The van der Waals surface area contributed by atoms with E-state index in [0.717, 1.165) is 83.5 Å². The predicted octanol–water partition coefficient (Wildman–Crippen LogP) is 8.46. The second-order valence-electron chi connectivity index (χ2n) is 18.3. The highest BCUT2D eigenvalue weighted by atomic mass is 16.5. The summed E-state index contributed by atoms with van der Waals surface area (Å²) in [6.45, 7) is 4.14. The van der Waals surface area contributed by atoms with E-state index in [9.17, 15) is 9.59 Å². The first-order valence-electron chi connectivity index (χ1n) is 23.8. The number of quaternary nitrogens is 2. The maximum absolute atomic E-state index is 12.9. The lowest BCUT2D eigenvalue weighted by molar-refractivity contribution is -0.941. The van der Waals surface area contributed by atoms with Gasteiger partial charge in [0.1, 0.15) is 12.1 Å². The van der Waals surface area contributed by atoms with E-state index in [2.05, 4.69) is 50.5 Å². The van der Waals surface area contributed by atoms with Gasteiger partial charge < -0.3 is 56.3 Å². The van der Waals surface area contributed by atoms with E-state index in [1.54, 1.807) is 56.9 Å². The number of esters is 2. The Bertz CT molecular complexity index is 2170. The van der Waals surface area contributed by atoms with Crippen molar-refractivity contribution >= 4 is 11.9 Å². The zero-order valence-corrected chi connectivity index (χ0v) is 42.0. The molecule has 0 amide bonds. The zero-order valence-electron chi connectivity index (χ0n) is 42.0. The van der Waals surface area contributed by atoms with E-state index < -0.39 is 0 Å². The Kier molecular flexibility index (Phi) is 18.1. The first-order chi connectivity index (χ1) is 32.9. The Morgan fingerprint density at radius 3 is 1.15 bits per heavy atom. The van der Waals surface area contributed by atoms with Gasteiger partial charge in [-0.05, 0) is 83.6 Å². The monoisotopic (exact) mass is 943 g/mol. The summed E-state index contributed by atoms with van der Waals surface area (Å²) in [5.41, 5.74) is 7.22. The molecule has 370 valence electrons. The molecule has 2 aliphatic rings. The van der Waals surface area contributed by atoms with Crippen LogP contribution in [0.15, 0.2) is 60.7 Å². The second-order valence-corrected chi connectivity index (χ2v) is 18.3. The lowest BCUT2D eigenvalue weighted by Gasteiger charge is -2.46. The van der Waals surface area contributed by atoms with Crippen molar-refractivity contribution in [3.63, 3.8) is 0 Å². The Labute approximate surface area is 403 Å². The van der Waals surface area contributed by atoms with Crippen LogP contribution >= 0.6 is 0 Å². The number of ether oxygens (including phenoxy) is 10. The maximum Gasteiger partial charge on any atom is 0.305 e. The molecule has 2 aliphatic heterocycles. The van der Waals surface area contributed by atoms with Crippen LogP contribution in [0, 0.1) is 0 Å². The molecule has 0 aromatic heterocycles. The molecule has 4 atom stereocenters. The molecule has 4 aromatic rings. The van der Waals surface area contributed by atoms with Gasteiger partial charge in [-0.3, -0.25) is 9.59 Å². The Morgan fingerprint density at radius 1 is 0.456 bits per heavy atom.